The molecular weight excluding hydrogens is 396 g/mol. The van der Waals surface area contributed by atoms with E-state index in [4.69, 9.17) is 5.73 Å². The van der Waals surface area contributed by atoms with Crippen molar-refractivity contribution >= 4 is 42.5 Å². The molecule has 3 N–H and O–H groups in total. The van der Waals surface area contributed by atoms with Crippen molar-refractivity contribution in [2.75, 3.05) is 5.32 Å². The fraction of sp³-hybridized carbons (Fsp3) is 0.500. The predicted octanol–water partition coefficient (Wildman–Crippen LogP) is 4.25. The number of nitrogens with one attached hydrogen (secondary N) is 1. The second-order valence-electron chi connectivity index (χ2n) is 9.80. The van der Waals surface area contributed by atoms with Crippen LogP contribution < -0.4 is 11.1 Å². The number of carbonyl (C=O) groups excluding carboxylic acids is 3. The van der Waals surface area contributed by atoms with Gasteiger partial charge in [-0.25, -0.2) is 9.59 Å². The third kappa shape index (κ3) is 4.01. The second kappa shape index (κ2) is 7.57. The molecule has 1 aliphatic heterocycles. The van der Waals surface area contributed by atoms with E-state index in [2.05, 4.69) is 25.0 Å². The molecular formula is C22H30N4O3Si. The quantitative estimate of drug-likeness (QED) is 0.676. The first kappa shape index (κ1) is 20.7. The number of aromatic nitrogens is 1. The van der Waals surface area contributed by atoms with Gasteiger partial charge in [0, 0.05) is 32.1 Å². The van der Waals surface area contributed by atoms with Crippen LogP contribution in [-0.4, -0.2) is 47.5 Å². The van der Waals surface area contributed by atoms with Gasteiger partial charge in [0.05, 0.1) is 17.2 Å². The number of Topliss-reactive ketones (excluding diaryl/α,β-unsaturated/α-hetero) is 1. The molecule has 0 spiro atoms. The van der Waals surface area contributed by atoms with Gasteiger partial charge in [-0.2, -0.15) is 0 Å². The van der Waals surface area contributed by atoms with E-state index in [1.54, 1.807) is 17.2 Å². The number of para-hydroxylation sites is 1. The van der Waals surface area contributed by atoms with Gasteiger partial charge in [-0.05, 0) is 31.2 Å². The highest BCUT2D eigenvalue weighted by molar-refractivity contribution is 6.76. The molecule has 1 aromatic carbocycles. The fourth-order valence-corrected chi connectivity index (χ4v) is 5.87. The summed E-state index contributed by atoms with van der Waals surface area (Å²) in [6, 6.07) is 7.36. The molecule has 4 rings (SSSR count). The van der Waals surface area contributed by atoms with Crippen molar-refractivity contribution in [2.24, 2.45) is 11.7 Å². The van der Waals surface area contributed by atoms with Crippen molar-refractivity contribution < 1.29 is 14.4 Å². The minimum atomic E-state index is -1.18. The molecule has 1 saturated carbocycles. The highest BCUT2D eigenvalue weighted by atomic mass is 28.3. The van der Waals surface area contributed by atoms with Crippen LogP contribution in [0.5, 0.6) is 0 Å². The molecule has 2 heterocycles. The van der Waals surface area contributed by atoms with Crippen LogP contribution in [0.25, 0.3) is 10.9 Å². The van der Waals surface area contributed by atoms with Crippen LogP contribution in [0.2, 0.25) is 25.7 Å². The number of likely N-dealkylation sites (tertiary alicyclic amines) is 1. The summed E-state index contributed by atoms with van der Waals surface area (Å²) in [7, 11) is -1.18. The van der Waals surface area contributed by atoms with Crippen molar-refractivity contribution in [1.29, 1.82) is 0 Å². The van der Waals surface area contributed by atoms with E-state index in [9.17, 15) is 14.4 Å². The number of amides is 3. The van der Waals surface area contributed by atoms with E-state index in [0.29, 0.717) is 23.5 Å². The Balaban J connectivity index is 1.49. The summed E-state index contributed by atoms with van der Waals surface area (Å²) in [6.07, 6.45) is 4.74. The van der Waals surface area contributed by atoms with Crippen LogP contribution in [0, 0.1) is 5.92 Å². The van der Waals surface area contributed by atoms with Crippen LogP contribution in [0.4, 0.5) is 15.3 Å². The lowest BCUT2D eigenvalue weighted by atomic mass is 10.0. The van der Waals surface area contributed by atoms with Gasteiger partial charge >= 0.3 is 12.1 Å². The lowest BCUT2D eigenvalue weighted by Crippen LogP contribution is -2.45. The van der Waals surface area contributed by atoms with Crippen molar-refractivity contribution in [3.05, 3.63) is 30.5 Å². The summed E-state index contributed by atoms with van der Waals surface area (Å²) in [6.45, 7) is 6.93. The van der Waals surface area contributed by atoms with E-state index in [-0.39, 0.29) is 23.9 Å². The molecule has 1 aliphatic carbocycles. The molecule has 0 bridgehead atoms. The summed E-state index contributed by atoms with van der Waals surface area (Å²) in [4.78, 5) is 39.6. The molecule has 1 aromatic heterocycles. The van der Waals surface area contributed by atoms with E-state index in [1.165, 1.54) is 4.57 Å². The van der Waals surface area contributed by atoms with E-state index < -0.39 is 14.1 Å². The summed E-state index contributed by atoms with van der Waals surface area (Å²) >= 11 is 0. The molecule has 3 atom stereocenters. The first-order valence-corrected chi connectivity index (χ1v) is 14.4. The number of ketones is 1. The third-order valence-electron chi connectivity index (χ3n) is 6.25. The summed E-state index contributed by atoms with van der Waals surface area (Å²) in [5.74, 6) is 0.615. The minimum absolute atomic E-state index is 0.153. The van der Waals surface area contributed by atoms with E-state index >= 15 is 0 Å². The lowest BCUT2D eigenvalue weighted by molar-refractivity contribution is -0.123. The average Bonchev–Trinajstić information content (AvgIpc) is 3.17. The average molecular weight is 427 g/mol. The molecule has 2 aliphatic rings. The zero-order valence-corrected chi connectivity index (χ0v) is 18.9. The van der Waals surface area contributed by atoms with Gasteiger partial charge in [-0.1, -0.05) is 43.9 Å². The zero-order valence-electron chi connectivity index (χ0n) is 17.9. The molecule has 0 radical (unpaired) electrons. The number of primary amides is 1. The molecule has 0 unspecified atom stereocenters. The number of benzene rings is 1. The first-order valence-electron chi connectivity index (χ1n) is 10.7. The van der Waals surface area contributed by atoms with Gasteiger partial charge in [0.1, 0.15) is 0 Å². The summed E-state index contributed by atoms with van der Waals surface area (Å²) in [5.41, 5.74) is 6.65. The number of carbonyl (C=O) groups is 3. The Morgan fingerprint density at radius 1 is 1.17 bits per heavy atom. The Hall–Kier alpha value is -2.61. The number of nitrogens with zero attached hydrogens (tertiary/aromatic N) is 2. The Kier molecular flexibility index (Phi) is 5.21. The van der Waals surface area contributed by atoms with E-state index in [1.807, 2.05) is 18.2 Å². The molecule has 2 aromatic rings. The van der Waals surface area contributed by atoms with Crippen LogP contribution in [0.15, 0.2) is 30.5 Å². The number of rotatable bonds is 6. The number of anilines is 1. The first-order chi connectivity index (χ1) is 14.2. The molecule has 160 valence electrons. The highest BCUT2D eigenvalue weighted by Crippen LogP contribution is 2.48. The van der Waals surface area contributed by atoms with Crippen molar-refractivity contribution in [3.63, 3.8) is 0 Å². The standard InChI is InChI=1S/C22H30N4O3Si/c1-30(2,3)10-6-9-20(27)19-12-14-11-18(14)26(19)22(29)24-16-13-25(21(23)28)17-8-5-4-7-15(16)17/h4-5,7-8,13-14,18-19H,6,9-12H2,1-3H3,(H2,23,28)(H,24,29)/t14-,18-,19+/m1/s1. The predicted molar refractivity (Wildman–Crippen MR) is 120 cm³/mol. The maximum Gasteiger partial charge on any atom is 0.323 e. The van der Waals surface area contributed by atoms with Crippen molar-refractivity contribution in [1.82, 2.24) is 9.47 Å². The monoisotopic (exact) mass is 426 g/mol. The maximum absolute atomic E-state index is 13.2. The number of urea groups is 1. The maximum atomic E-state index is 13.2. The second-order valence-corrected chi connectivity index (χ2v) is 15.4. The van der Waals surface area contributed by atoms with Gasteiger partial charge in [-0.3, -0.25) is 9.36 Å². The fourth-order valence-electron chi connectivity index (χ4n) is 4.64. The molecule has 7 nitrogen and oxygen atoms in total. The number of fused-ring (bicyclic) bond motifs is 2. The highest BCUT2D eigenvalue weighted by Gasteiger charge is 2.55. The Bertz CT molecular complexity index is 1010. The summed E-state index contributed by atoms with van der Waals surface area (Å²) < 4.78 is 1.33. The molecule has 1 saturated heterocycles. The number of nitrogens with two attached hydrogens (primary N) is 1. The van der Waals surface area contributed by atoms with Gasteiger partial charge in [0.15, 0.2) is 5.78 Å². The van der Waals surface area contributed by atoms with E-state index in [0.717, 1.165) is 30.7 Å². The van der Waals surface area contributed by atoms with Gasteiger partial charge in [0.2, 0.25) is 0 Å². The number of hydrogen-bond donors (Lipinski definition) is 2. The van der Waals surface area contributed by atoms with Gasteiger partial charge in [0.25, 0.3) is 0 Å². The lowest BCUT2D eigenvalue weighted by Gasteiger charge is -2.27. The molecule has 3 amide bonds. The van der Waals surface area contributed by atoms with Gasteiger partial charge < -0.3 is 16.0 Å². The van der Waals surface area contributed by atoms with Gasteiger partial charge in [-0.15, -0.1) is 0 Å². The minimum Gasteiger partial charge on any atom is -0.351 e. The summed E-state index contributed by atoms with van der Waals surface area (Å²) in [5, 5.41) is 3.68. The van der Waals surface area contributed by atoms with Crippen LogP contribution in [0.1, 0.15) is 25.7 Å². The number of piperidine rings is 1. The molecule has 8 heteroatoms. The Morgan fingerprint density at radius 2 is 1.90 bits per heavy atom. The topological polar surface area (TPSA) is 97.4 Å². The van der Waals surface area contributed by atoms with Crippen LogP contribution in [0.3, 0.4) is 0 Å². The number of hydrogen-bond acceptors (Lipinski definition) is 3. The smallest absolute Gasteiger partial charge is 0.323 e. The third-order valence-corrected chi connectivity index (χ3v) is 8.11. The van der Waals surface area contributed by atoms with Crippen LogP contribution >= 0.6 is 0 Å². The largest absolute Gasteiger partial charge is 0.351 e. The van der Waals surface area contributed by atoms with Crippen molar-refractivity contribution in [3.8, 4) is 0 Å². The molecule has 2 fully saturated rings. The van der Waals surface area contributed by atoms with Crippen LogP contribution in [-0.2, 0) is 4.79 Å². The molecule has 30 heavy (non-hydrogen) atoms. The van der Waals surface area contributed by atoms with Crippen molar-refractivity contribution in [2.45, 2.75) is 63.5 Å². The Morgan fingerprint density at radius 3 is 2.60 bits per heavy atom. The Labute approximate surface area is 177 Å². The SMILES string of the molecule is C[Si](C)(C)CCCC(=O)[C@@H]1C[C@H]2C[C@H]2N1C(=O)Nc1cn(C(N)=O)c2ccccc12. The zero-order chi connectivity index (χ0) is 21.6. The normalized spacial score (nSPS) is 22.8.